The van der Waals surface area contributed by atoms with E-state index in [1.54, 1.807) is 4.90 Å². The zero-order valence-electron chi connectivity index (χ0n) is 20.7. The highest BCUT2D eigenvalue weighted by Crippen LogP contribution is 2.46. The van der Waals surface area contributed by atoms with Gasteiger partial charge in [-0.15, -0.1) is 0 Å². The van der Waals surface area contributed by atoms with Crippen LogP contribution in [0.5, 0.6) is 0 Å². The van der Waals surface area contributed by atoms with Crippen molar-refractivity contribution in [2.45, 2.75) is 112 Å². The van der Waals surface area contributed by atoms with E-state index in [1.807, 2.05) is 20.8 Å². The lowest BCUT2D eigenvalue weighted by atomic mass is 9.72. The van der Waals surface area contributed by atoms with E-state index in [2.05, 4.69) is 34.6 Å². The minimum Gasteiger partial charge on any atom is -0.458 e. The molecule has 1 saturated carbocycles. The Morgan fingerprint density at radius 3 is 1.97 bits per heavy atom. The fourth-order valence-corrected chi connectivity index (χ4v) is 5.14. The first-order valence-electron chi connectivity index (χ1n) is 12.0. The zero-order valence-corrected chi connectivity index (χ0v) is 20.7. The first-order chi connectivity index (χ1) is 13.8. The highest BCUT2D eigenvalue weighted by Gasteiger charge is 2.50. The molecule has 0 N–H and O–H groups in total. The Labute approximate surface area is 184 Å². The van der Waals surface area contributed by atoms with E-state index >= 15 is 0 Å². The Hall–Kier alpha value is -1.26. The molecule has 0 spiro atoms. The predicted molar refractivity (Wildman–Crippen MR) is 120 cm³/mol. The van der Waals surface area contributed by atoms with Crippen LogP contribution in [-0.2, 0) is 14.3 Å². The van der Waals surface area contributed by atoms with Crippen LogP contribution >= 0.6 is 0 Å². The average Bonchev–Trinajstić information content (AvgIpc) is 3.15. The molecule has 2 fully saturated rings. The Morgan fingerprint density at radius 1 is 1.00 bits per heavy atom. The Morgan fingerprint density at radius 2 is 1.53 bits per heavy atom. The molecule has 0 aromatic carbocycles. The summed E-state index contributed by atoms with van der Waals surface area (Å²) in [5.74, 6) is 0.998. The van der Waals surface area contributed by atoms with Crippen molar-refractivity contribution in [3.05, 3.63) is 0 Å². The van der Waals surface area contributed by atoms with Crippen LogP contribution in [0.15, 0.2) is 0 Å². The second kappa shape index (κ2) is 9.48. The molecule has 174 valence electrons. The smallest absolute Gasteiger partial charge is 0.410 e. The minimum atomic E-state index is -0.501. The van der Waals surface area contributed by atoms with Crippen LogP contribution in [-0.4, -0.2) is 41.3 Å². The van der Waals surface area contributed by atoms with E-state index < -0.39 is 16.6 Å². The van der Waals surface area contributed by atoms with Crippen LogP contribution < -0.4 is 0 Å². The summed E-state index contributed by atoms with van der Waals surface area (Å²) in [6.07, 6.45) is 6.61. The van der Waals surface area contributed by atoms with Crippen LogP contribution in [0, 0.1) is 23.2 Å². The number of esters is 1. The van der Waals surface area contributed by atoms with Gasteiger partial charge in [0.25, 0.3) is 0 Å². The van der Waals surface area contributed by atoms with Crippen molar-refractivity contribution in [2.75, 3.05) is 13.1 Å². The summed E-state index contributed by atoms with van der Waals surface area (Å²) in [4.78, 5) is 27.9. The largest absolute Gasteiger partial charge is 0.458 e. The van der Waals surface area contributed by atoms with Crippen LogP contribution in [0.25, 0.3) is 0 Å². The van der Waals surface area contributed by atoms with Gasteiger partial charge in [0, 0.05) is 25.9 Å². The maximum absolute atomic E-state index is 13.5. The summed E-state index contributed by atoms with van der Waals surface area (Å²) < 4.78 is 12.1. The normalized spacial score (nSPS) is 22.3. The first-order valence-corrected chi connectivity index (χ1v) is 12.0. The Balaban J connectivity index is 2.17. The number of carbonyl (C=O) groups excluding carboxylic acids is 2. The van der Waals surface area contributed by atoms with Gasteiger partial charge in [-0.1, -0.05) is 40.5 Å². The summed E-state index contributed by atoms with van der Waals surface area (Å²) in [6, 6.07) is 0. The maximum Gasteiger partial charge on any atom is 0.410 e. The molecule has 0 bridgehead atoms. The molecular formula is C25H45NO4. The summed E-state index contributed by atoms with van der Waals surface area (Å²) in [7, 11) is 0. The van der Waals surface area contributed by atoms with Crippen LogP contribution in [0.3, 0.4) is 0 Å². The van der Waals surface area contributed by atoms with Gasteiger partial charge < -0.3 is 14.4 Å². The monoisotopic (exact) mass is 423 g/mol. The molecule has 5 heteroatoms. The fourth-order valence-electron chi connectivity index (χ4n) is 5.14. The molecule has 1 aliphatic carbocycles. The summed E-state index contributed by atoms with van der Waals surface area (Å²) in [6.45, 7) is 17.5. The van der Waals surface area contributed by atoms with E-state index in [0.29, 0.717) is 37.8 Å². The van der Waals surface area contributed by atoms with E-state index in [4.69, 9.17) is 9.47 Å². The third-order valence-corrected chi connectivity index (χ3v) is 7.23. The zero-order chi connectivity index (χ0) is 22.7. The van der Waals surface area contributed by atoms with Gasteiger partial charge in [-0.25, -0.2) is 4.79 Å². The number of ether oxygens (including phenoxy) is 2. The number of carbonyl (C=O) groups is 2. The molecule has 0 aromatic heterocycles. The molecular weight excluding hydrogens is 378 g/mol. The third kappa shape index (κ3) is 5.91. The van der Waals surface area contributed by atoms with Gasteiger partial charge in [0.15, 0.2) is 0 Å². The molecule has 1 unspecified atom stereocenters. The number of likely N-dealkylation sites (tertiary alicyclic amines) is 1. The van der Waals surface area contributed by atoms with E-state index in [0.717, 1.165) is 19.3 Å². The van der Waals surface area contributed by atoms with Crippen molar-refractivity contribution in [1.82, 2.24) is 4.90 Å². The number of hydrogen-bond acceptors (Lipinski definition) is 4. The van der Waals surface area contributed by atoms with Crippen LogP contribution in [0.2, 0.25) is 0 Å². The van der Waals surface area contributed by atoms with E-state index in [-0.39, 0.29) is 18.0 Å². The lowest BCUT2D eigenvalue weighted by Crippen LogP contribution is -2.54. The van der Waals surface area contributed by atoms with Gasteiger partial charge in [0.05, 0.1) is 5.41 Å². The van der Waals surface area contributed by atoms with Crippen molar-refractivity contribution in [3.63, 3.8) is 0 Å². The Bertz CT molecular complexity index is 593. The van der Waals surface area contributed by atoms with E-state index in [9.17, 15) is 9.59 Å². The summed E-state index contributed by atoms with van der Waals surface area (Å²) in [5, 5.41) is 0. The second-order valence-corrected chi connectivity index (χ2v) is 11.6. The number of rotatable bonds is 6. The lowest BCUT2D eigenvalue weighted by molar-refractivity contribution is -0.188. The Kier molecular flexibility index (Phi) is 7.90. The van der Waals surface area contributed by atoms with Gasteiger partial charge in [-0.2, -0.15) is 0 Å². The second-order valence-electron chi connectivity index (χ2n) is 11.6. The lowest BCUT2D eigenvalue weighted by Gasteiger charge is -2.47. The van der Waals surface area contributed by atoms with Crippen molar-refractivity contribution in [3.8, 4) is 0 Å². The van der Waals surface area contributed by atoms with Crippen LogP contribution in [0.4, 0.5) is 4.79 Å². The molecule has 0 aromatic rings. The van der Waals surface area contributed by atoms with Gasteiger partial charge >= 0.3 is 12.1 Å². The molecule has 1 atom stereocenters. The topological polar surface area (TPSA) is 55.8 Å². The predicted octanol–water partition coefficient (Wildman–Crippen LogP) is 6.20. The highest BCUT2D eigenvalue weighted by molar-refractivity contribution is 5.77. The number of hydrogen-bond donors (Lipinski definition) is 0. The fraction of sp³-hybridized carbons (Fsp3) is 0.920. The SMILES string of the molecule is CC(C)CC(C)(C(=O)OC1(C2CCCC2)CCN(C(=O)OC(C)(C)C)CC1)C(C)C. The maximum atomic E-state index is 13.5. The quantitative estimate of drug-likeness (QED) is 0.477. The summed E-state index contributed by atoms with van der Waals surface area (Å²) in [5.41, 5.74) is -1.43. The van der Waals surface area contributed by atoms with Gasteiger partial charge in [0.1, 0.15) is 11.2 Å². The van der Waals surface area contributed by atoms with Gasteiger partial charge in [0.2, 0.25) is 0 Å². The van der Waals surface area contributed by atoms with Crippen molar-refractivity contribution < 1.29 is 19.1 Å². The number of piperidine rings is 1. The molecule has 1 aliphatic heterocycles. The molecule has 2 rings (SSSR count). The standard InChI is InChI=1S/C25H45NO4/c1-18(2)17-24(8,19(3)4)21(27)29-25(20-11-9-10-12-20)13-15-26(16-14-25)22(28)30-23(5,6)7/h18-20H,9-17H2,1-8H3. The molecule has 1 saturated heterocycles. The van der Waals surface area contributed by atoms with Crippen molar-refractivity contribution in [2.24, 2.45) is 23.2 Å². The van der Waals surface area contributed by atoms with Gasteiger partial charge in [-0.3, -0.25) is 4.79 Å². The van der Waals surface area contributed by atoms with Crippen molar-refractivity contribution in [1.29, 1.82) is 0 Å². The first kappa shape index (κ1) is 25.0. The average molecular weight is 424 g/mol. The van der Waals surface area contributed by atoms with Gasteiger partial charge in [-0.05, 0) is 64.7 Å². The molecule has 2 aliphatic rings. The minimum absolute atomic E-state index is 0.0520. The van der Waals surface area contributed by atoms with E-state index in [1.165, 1.54) is 12.8 Å². The molecule has 30 heavy (non-hydrogen) atoms. The third-order valence-electron chi connectivity index (χ3n) is 7.23. The van der Waals surface area contributed by atoms with Crippen LogP contribution in [0.1, 0.15) is 100 Å². The molecule has 1 amide bonds. The molecule has 1 heterocycles. The highest BCUT2D eigenvalue weighted by atomic mass is 16.6. The molecule has 0 radical (unpaired) electrons. The molecule has 5 nitrogen and oxygen atoms in total. The number of nitrogens with zero attached hydrogens (tertiary/aromatic N) is 1. The van der Waals surface area contributed by atoms with Crippen molar-refractivity contribution >= 4 is 12.1 Å². The summed E-state index contributed by atoms with van der Waals surface area (Å²) >= 11 is 0. The number of amides is 1.